The molecular weight excluding hydrogens is 392 g/mol. The average molecular weight is 417 g/mol. The Kier molecular flexibility index (Phi) is 5.35. The number of aryl methyl sites for hydroxylation is 4. The van der Waals surface area contributed by atoms with Crippen molar-refractivity contribution in [2.24, 2.45) is 0 Å². The van der Waals surface area contributed by atoms with E-state index in [1.807, 2.05) is 42.1 Å². The van der Waals surface area contributed by atoms with Gasteiger partial charge in [0.2, 0.25) is 15.2 Å². The fourth-order valence-corrected chi connectivity index (χ4v) is 5.55. The molecule has 1 aliphatic carbocycles. The molecule has 0 unspecified atom stereocenters. The van der Waals surface area contributed by atoms with Gasteiger partial charge in [0.05, 0.1) is 16.3 Å². The van der Waals surface area contributed by atoms with Crippen molar-refractivity contribution in [2.45, 2.75) is 50.8 Å². The zero-order valence-electron chi connectivity index (χ0n) is 16.1. The highest BCUT2D eigenvalue weighted by Crippen LogP contribution is 2.24. The Morgan fingerprint density at radius 1 is 1.14 bits per heavy atom. The van der Waals surface area contributed by atoms with E-state index in [2.05, 4.69) is 14.8 Å². The molecule has 1 aliphatic rings. The Bertz CT molecular complexity index is 1100. The van der Waals surface area contributed by atoms with E-state index in [4.69, 9.17) is 0 Å². The highest BCUT2D eigenvalue weighted by atomic mass is 32.2. The van der Waals surface area contributed by atoms with Gasteiger partial charge < -0.3 is 0 Å². The highest BCUT2D eigenvalue weighted by Gasteiger charge is 2.17. The fraction of sp³-hybridized carbons (Fsp3) is 0.400. The molecule has 28 heavy (non-hydrogen) atoms. The summed E-state index contributed by atoms with van der Waals surface area (Å²) in [5, 5.41) is 7.20. The van der Waals surface area contributed by atoms with E-state index in [0.717, 1.165) is 41.5 Å². The molecule has 0 spiro atoms. The van der Waals surface area contributed by atoms with Crippen LogP contribution in [-0.2, 0) is 29.3 Å². The van der Waals surface area contributed by atoms with Crippen LogP contribution < -0.4 is 4.72 Å². The molecule has 0 fully saturated rings. The first-order valence-corrected chi connectivity index (χ1v) is 11.9. The lowest BCUT2D eigenvalue weighted by Crippen LogP contribution is -2.26. The van der Waals surface area contributed by atoms with Crippen LogP contribution in [0.25, 0.3) is 5.13 Å². The molecule has 1 N–H and O–H groups in total. The van der Waals surface area contributed by atoms with E-state index in [1.54, 1.807) is 6.07 Å². The Morgan fingerprint density at radius 2 is 1.93 bits per heavy atom. The first kappa shape index (κ1) is 19.3. The molecule has 6 nitrogen and oxygen atoms in total. The molecule has 4 rings (SSSR count). The largest absolute Gasteiger partial charge is 0.240 e. The zero-order valence-corrected chi connectivity index (χ0v) is 17.7. The second kappa shape index (κ2) is 7.77. The Morgan fingerprint density at radius 3 is 2.68 bits per heavy atom. The summed E-state index contributed by atoms with van der Waals surface area (Å²) in [4.78, 5) is 4.95. The van der Waals surface area contributed by atoms with Crippen LogP contribution in [0.3, 0.4) is 0 Å². The molecule has 8 heteroatoms. The molecule has 0 saturated carbocycles. The molecule has 2 aromatic heterocycles. The third-order valence-electron chi connectivity index (χ3n) is 5.03. The topological polar surface area (TPSA) is 76.9 Å². The summed E-state index contributed by atoms with van der Waals surface area (Å²) in [5.74, 6) is 0. The minimum absolute atomic E-state index is 0.319. The van der Waals surface area contributed by atoms with Crippen LogP contribution in [0.2, 0.25) is 0 Å². The molecular formula is C20H24N4O2S2. The van der Waals surface area contributed by atoms with Crippen LogP contribution in [0.15, 0.2) is 34.5 Å². The monoisotopic (exact) mass is 416 g/mol. The van der Waals surface area contributed by atoms with Crippen LogP contribution in [0, 0.1) is 13.8 Å². The molecule has 0 aliphatic heterocycles. The summed E-state index contributed by atoms with van der Waals surface area (Å²) in [5.41, 5.74) is 5.30. The van der Waals surface area contributed by atoms with Gasteiger partial charge in [-0.2, -0.15) is 5.10 Å². The summed E-state index contributed by atoms with van der Waals surface area (Å²) in [7, 11) is -3.50. The molecule has 1 aromatic carbocycles. The predicted octanol–water partition coefficient (Wildman–Crippen LogP) is 3.35. The summed E-state index contributed by atoms with van der Waals surface area (Å²) in [6, 6.07) is 7.52. The van der Waals surface area contributed by atoms with Gasteiger partial charge in [-0.3, -0.25) is 0 Å². The van der Waals surface area contributed by atoms with Crippen molar-refractivity contribution < 1.29 is 8.42 Å². The normalized spacial score (nSPS) is 14.2. The number of fused-ring (bicyclic) bond motifs is 1. The number of thiazole rings is 1. The maximum Gasteiger partial charge on any atom is 0.240 e. The van der Waals surface area contributed by atoms with E-state index >= 15 is 0 Å². The SMILES string of the molecule is Cc1cc(C)n(-c2nc(CCNS(=O)(=O)c3ccc4c(c3)CCCC4)cs2)n1. The number of rotatable bonds is 6. The van der Waals surface area contributed by atoms with E-state index in [-0.39, 0.29) is 0 Å². The van der Waals surface area contributed by atoms with Gasteiger partial charge in [-0.15, -0.1) is 11.3 Å². The van der Waals surface area contributed by atoms with Crippen LogP contribution in [-0.4, -0.2) is 29.7 Å². The van der Waals surface area contributed by atoms with Crippen LogP contribution in [0.4, 0.5) is 0 Å². The van der Waals surface area contributed by atoms with Gasteiger partial charge in [-0.05, 0) is 68.9 Å². The second-order valence-corrected chi connectivity index (χ2v) is 9.85. The van der Waals surface area contributed by atoms with Gasteiger partial charge in [0, 0.05) is 24.0 Å². The van der Waals surface area contributed by atoms with Crippen molar-refractivity contribution in [3.63, 3.8) is 0 Å². The summed E-state index contributed by atoms with van der Waals surface area (Å²) >= 11 is 1.51. The lowest BCUT2D eigenvalue weighted by atomic mass is 9.92. The Labute approximate surface area is 169 Å². The van der Waals surface area contributed by atoms with E-state index < -0.39 is 10.0 Å². The van der Waals surface area contributed by atoms with Crippen molar-refractivity contribution in [1.29, 1.82) is 0 Å². The van der Waals surface area contributed by atoms with Crippen LogP contribution in [0.1, 0.15) is 41.1 Å². The lowest BCUT2D eigenvalue weighted by Gasteiger charge is -2.16. The summed E-state index contributed by atoms with van der Waals surface area (Å²) in [6.45, 7) is 4.26. The van der Waals surface area contributed by atoms with E-state index in [1.165, 1.54) is 28.9 Å². The summed E-state index contributed by atoms with van der Waals surface area (Å²) in [6.07, 6.45) is 4.87. The third kappa shape index (κ3) is 4.04. The molecule has 0 radical (unpaired) electrons. The Balaban J connectivity index is 1.40. The fourth-order valence-electron chi connectivity index (χ4n) is 3.60. The predicted molar refractivity (Wildman–Crippen MR) is 111 cm³/mol. The number of hydrogen-bond donors (Lipinski definition) is 1. The molecule has 148 valence electrons. The van der Waals surface area contributed by atoms with Crippen molar-refractivity contribution >= 4 is 21.4 Å². The number of nitrogens with one attached hydrogen (secondary N) is 1. The maximum absolute atomic E-state index is 12.6. The number of nitrogens with zero attached hydrogens (tertiary/aromatic N) is 3. The molecule has 0 bridgehead atoms. The maximum atomic E-state index is 12.6. The number of aromatic nitrogens is 3. The van der Waals surface area contributed by atoms with Gasteiger partial charge in [-0.1, -0.05) is 6.07 Å². The zero-order chi connectivity index (χ0) is 19.7. The van der Waals surface area contributed by atoms with Gasteiger partial charge >= 0.3 is 0 Å². The molecule has 0 atom stereocenters. The van der Waals surface area contributed by atoms with Crippen LogP contribution >= 0.6 is 11.3 Å². The standard InChI is InChI=1S/C20H24N4O2S2/c1-14-11-15(2)24(23-14)20-22-18(13-27-20)9-10-21-28(25,26)19-8-7-16-5-3-4-6-17(16)12-19/h7-8,11-13,21H,3-6,9-10H2,1-2H3. The van der Waals surface area contributed by atoms with Gasteiger partial charge in [0.15, 0.2) is 0 Å². The smallest absolute Gasteiger partial charge is 0.223 e. The first-order valence-electron chi connectivity index (χ1n) is 9.52. The van der Waals surface area contributed by atoms with Crippen molar-refractivity contribution in [2.75, 3.05) is 6.54 Å². The lowest BCUT2D eigenvalue weighted by molar-refractivity contribution is 0.580. The molecule has 2 heterocycles. The second-order valence-electron chi connectivity index (χ2n) is 7.25. The van der Waals surface area contributed by atoms with Gasteiger partial charge in [0.1, 0.15) is 0 Å². The molecule has 3 aromatic rings. The average Bonchev–Trinajstić information content (AvgIpc) is 3.27. The number of hydrogen-bond acceptors (Lipinski definition) is 5. The minimum atomic E-state index is -3.50. The minimum Gasteiger partial charge on any atom is -0.223 e. The summed E-state index contributed by atoms with van der Waals surface area (Å²) < 4.78 is 29.8. The molecule has 0 saturated heterocycles. The van der Waals surface area contributed by atoms with Gasteiger partial charge in [-0.25, -0.2) is 22.8 Å². The van der Waals surface area contributed by atoms with E-state index in [9.17, 15) is 8.42 Å². The van der Waals surface area contributed by atoms with E-state index in [0.29, 0.717) is 17.9 Å². The first-order chi connectivity index (χ1) is 13.4. The third-order valence-corrected chi connectivity index (χ3v) is 7.36. The quantitative estimate of drug-likeness (QED) is 0.669. The highest BCUT2D eigenvalue weighted by molar-refractivity contribution is 7.89. The Hall–Kier alpha value is -2.03. The van der Waals surface area contributed by atoms with Gasteiger partial charge in [0.25, 0.3) is 0 Å². The molecule has 0 amide bonds. The van der Waals surface area contributed by atoms with Crippen molar-refractivity contribution in [3.8, 4) is 5.13 Å². The van der Waals surface area contributed by atoms with Crippen molar-refractivity contribution in [1.82, 2.24) is 19.5 Å². The van der Waals surface area contributed by atoms with Crippen molar-refractivity contribution in [3.05, 3.63) is 57.9 Å². The van der Waals surface area contributed by atoms with Crippen LogP contribution in [0.5, 0.6) is 0 Å². The number of sulfonamides is 1. The number of benzene rings is 1.